The van der Waals surface area contributed by atoms with Crippen LogP contribution in [0.2, 0.25) is 0 Å². The van der Waals surface area contributed by atoms with Gasteiger partial charge in [-0.2, -0.15) is 0 Å². The predicted molar refractivity (Wildman–Crippen MR) is 124 cm³/mol. The lowest BCUT2D eigenvalue weighted by molar-refractivity contribution is -0.384. The number of carbonyl (C=O) groups excluding carboxylic acids is 1. The first-order valence-corrected chi connectivity index (χ1v) is 10.5. The molecule has 2 N–H and O–H groups in total. The lowest BCUT2D eigenvalue weighted by Crippen LogP contribution is -2.32. The number of nitrogens with zero attached hydrogens (tertiary/aromatic N) is 3. The Morgan fingerprint density at radius 2 is 1.94 bits per heavy atom. The minimum Gasteiger partial charge on any atom is -0.444 e. The summed E-state index contributed by atoms with van der Waals surface area (Å²) in [6.45, 7) is 5.20. The largest absolute Gasteiger partial charge is 0.444 e. The van der Waals surface area contributed by atoms with E-state index in [4.69, 9.17) is 4.74 Å². The van der Waals surface area contributed by atoms with Crippen LogP contribution in [0.15, 0.2) is 54.7 Å². The van der Waals surface area contributed by atoms with Crippen molar-refractivity contribution in [2.75, 3.05) is 0 Å². The quantitative estimate of drug-likeness (QED) is 0.303. The number of halogens is 1. The van der Waals surface area contributed by atoms with E-state index in [0.29, 0.717) is 39.2 Å². The molecule has 0 radical (unpaired) electrons. The summed E-state index contributed by atoms with van der Waals surface area (Å²) < 4.78 is 20.0. The lowest BCUT2D eigenvalue weighted by atomic mass is 10.0. The summed E-state index contributed by atoms with van der Waals surface area (Å²) in [5.74, 6) is -0.210. The predicted octanol–water partition coefficient (Wildman–Crippen LogP) is 5.36. The number of benzene rings is 2. The third kappa shape index (κ3) is 4.85. The number of H-pyrrole nitrogens is 1. The molecule has 0 unspecified atom stereocenters. The number of hydrogen-bond acceptors (Lipinski definition) is 6. The SMILES string of the molecule is CC(C)(C)OC(=O)NCc1ccc(-c2ccnc3nc(-c4ccccc4[N+](=O)[O-])[nH]c23)cc1F. The van der Waals surface area contributed by atoms with Gasteiger partial charge in [-0.1, -0.05) is 24.3 Å². The number of alkyl carbamates (subject to hydrolysis) is 1. The van der Waals surface area contributed by atoms with Gasteiger partial charge in [0.15, 0.2) is 5.65 Å². The van der Waals surface area contributed by atoms with Crippen LogP contribution in [0.25, 0.3) is 33.7 Å². The zero-order chi connectivity index (χ0) is 24.5. The molecular weight excluding hydrogens is 441 g/mol. The first-order valence-electron chi connectivity index (χ1n) is 10.5. The second-order valence-corrected chi connectivity index (χ2v) is 8.58. The van der Waals surface area contributed by atoms with E-state index in [1.807, 2.05) is 0 Å². The molecule has 0 spiro atoms. The Labute approximate surface area is 194 Å². The van der Waals surface area contributed by atoms with E-state index in [1.54, 1.807) is 57.2 Å². The van der Waals surface area contributed by atoms with E-state index in [-0.39, 0.29) is 12.2 Å². The van der Waals surface area contributed by atoms with Crippen LogP contribution in [-0.4, -0.2) is 31.6 Å². The molecule has 0 bridgehead atoms. The number of rotatable bonds is 5. The van der Waals surface area contributed by atoms with E-state index >= 15 is 0 Å². The zero-order valence-corrected chi connectivity index (χ0v) is 18.8. The van der Waals surface area contributed by atoms with Gasteiger partial charge in [-0.15, -0.1) is 0 Å². The van der Waals surface area contributed by atoms with Crippen LogP contribution in [-0.2, 0) is 11.3 Å². The number of ether oxygens (including phenoxy) is 1. The number of imidazole rings is 1. The van der Waals surface area contributed by atoms with Crippen LogP contribution in [0.5, 0.6) is 0 Å². The van der Waals surface area contributed by atoms with E-state index in [1.165, 1.54) is 18.3 Å². The molecule has 0 atom stereocenters. The maximum Gasteiger partial charge on any atom is 0.407 e. The molecule has 4 rings (SSSR count). The molecule has 4 aromatic rings. The molecule has 2 aromatic heterocycles. The molecule has 0 aliphatic rings. The van der Waals surface area contributed by atoms with Gasteiger partial charge in [-0.05, 0) is 44.5 Å². The minimum atomic E-state index is -0.650. The van der Waals surface area contributed by atoms with Gasteiger partial charge in [0.1, 0.15) is 17.2 Å². The van der Waals surface area contributed by atoms with Crippen molar-refractivity contribution in [3.05, 3.63) is 76.2 Å². The van der Waals surface area contributed by atoms with Crippen molar-refractivity contribution in [1.29, 1.82) is 0 Å². The van der Waals surface area contributed by atoms with Gasteiger partial charge in [-0.3, -0.25) is 10.1 Å². The summed E-state index contributed by atoms with van der Waals surface area (Å²) >= 11 is 0. The van der Waals surface area contributed by atoms with Crippen molar-refractivity contribution < 1.29 is 18.8 Å². The summed E-state index contributed by atoms with van der Waals surface area (Å²) in [5, 5.41) is 13.9. The summed E-state index contributed by atoms with van der Waals surface area (Å²) in [6, 6.07) is 12.6. The van der Waals surface area contributed by atoms with Crippen LogP contribution in [0, 0.1) is 15.9 Å². The monoisotopic (exact) mass is 463 g/mol. The number of pyridine rings is 1. The van der Waals surface area contributed by atoms with Crippen LogP contribution in [0.1, 0.15) is 26.3 Å². The van der Waals surface area contributed by atoms with Crippen molar-refractivity contribution in [3.8, 4) is 22.5 Å². The molecule has 0 saturated heterocycles. The summed E-state index contributed by atoms with van der Waals surface area (Å²) in [4.78, 5) is 34.5. The number of nitro groups is 1. The van der Waals surface area contributed by atoms with Gasteiger partial charge in [0.25, 0.3) is 5.69 Å². The van der Waals surface area contributed by atoms with Crippen molar-refractivity contribution in [2.24, 2.45) is 0 Å². The number of fused-ring (bicyclic) bond motifs is 1. The fourth-order valence-electron chi connectivity index (χ4n) is 3.45. The fraction of sp³-hybridized carbons (Fsp3) is 0.208. The first-order chi connectivity index (χ1) is 16.1. The maximum absolute atomic E-state index is 14.8. The molecule has 0 fully saturated rings. The van der Waals surface area contributed by atoms with Crippen molar-refractivity contribution in [1.82, 2.24) is 20.3 Å². The number of aromatic nitrogens is 3. The van der Waals surface area contributed by atoms with Crippen molar-refractivity contribution in [3.63, 3.8) is 0 Å². The molecule has 0 aliphatic carbocycles. The number of hydrogen-bond donors (Lipinski definition) is 2. The number of nitro benzene ring substituents is 1. The third-order valence-electron chi connectivity index (χ3n) is 4.93. The fourth-order valence-corrected chi connectivity index (χ4v) is 3.45. The van der Waals surface area contributed by atoms with Gasteiger partial charge < -0.3 is 15.0 Å². The summed E-state index contributed by atoms with van der Waals surface area (Å²) in [7, 11) is 0. The summed E-state index contributed by atoms with van der Waals surface area (Å²) in [5.41, 5.74) is 1.95. The molecule has 1 amide bonds. The first kappa shape index (κ1) is 22.8. The molecular formula is C24H22FN5O4. The van der Waals surface area contributed by atoms with Crippen molar-refractivity contribution >= 4 is 22.9 Å². The van der Waals surface area contributed by atoms with Gasteiger partial charge in [0.05, 0.1) is 16.0 Å². The molecule has 174 valence electrons. The average Bonchev–Trinajstić information content (AvgIpc) is 3.21. The van der Waals surface area contributed by atoms with Crippen LogP contribution in [0.3, 0.4) is 0 Å². The molecule has 0 aliphatic heterocycles. The number of para-hydroxylation sites is 1. The minimum absolute atomic E-state index is 0.0291. The average molecular weight is 463 g/mol. The van der Waals surface area contributed by atoms with E-state index in [0.717, 1.165) is 0 Å². The highest BCUT2D eigenvalue weighted by Gasteiger charge is 2.20. The van der Waals surface area contributed by atoms with Gasteiger partial charge >= 0.3 is 6.09 Å². The highest BCUT2D eigenvalue weighted by Crippen LogP contribution is 2.32. The zero-order valence-electron chi connectivity index (χ0n) is 18.8. The Morgan fingerprint density at radius 3 is 2.65 bits per heavy atom. The second kappa shape index (κ2) is 8.89. The highest BCUT2D eigenvalue weighted by atomic mass is 19.1. The van der Waals surface area contributed by atoms with Crippen LogP contribution >= 0.6 is 0 Å². The standard InChI is InChI=1S/C24H22FN5O4/c1-24(2,3)34-23(31)27-13-15-9-8-14(12-18(15)25)16-10-11-26-22-20(16)28-21(29-22)17-6-4-5-7-19(17)30(32)33/h4-12H,13H2,1-3H3,(H,27,31)(H,26,28,29). The second-order valence-electron chi connectivity index (χ2n) is 8.58. The third-order valence-corrected chi connectivity index (χ3v) is 4.93. The normalized spacial score (nSPS) is 11.4. The maximum atomic E-state index is 14.8. The van der Waals surface area contributed by atoms with Gasteiger partial charge in [0, 0.05) is 29.9 Å². The van der Waals surface area contributed by atoms with Crippen LogP contribution in [0.4, 0.5) is 14.9 Å². The molecule has 10 heteroatoms. The number of amides is 1. The topological polar surface area (TPSA) is 123 Å². The Hall–Kier alpha value is -4.34. The molecule has 2 heterocycles. The molecule has 0 saturated carbocycles. The Bertz CT molecular complexity index is 1390. The Morgan fingerprint density at radius 1 is 1.18 bits per heavy atom. The lowest BCUT2D eigenvalue weighted by Gasteiger charge is -2.19. The van der Waals surface area contributed by atoms with Crippen molar-refractivity contribution in [2.45, 2.75) is 32.9 Å². The van der Waals surface area contributed by atoms with Gasteiger partial charge in [0.2, 0.25) is 0 Å². The van der Waals surface area contributed by atoms with E-state index in [9.17, 15) is 19.3 Å². The summed E-state index contributed by atoms with van der Waals surface area (Å²) in [6.07, 6.45) is 0.907. The Balaban J connectivity index is 1.64. The van der Waals surface area contributed by atoms with Gasteiger partial charge in [-0.25, -0.2) is 19.2 Å². The Kier molecular flexibility index (Phi) is 5.97. The van der Waals surface area contributed by atoms with Crippen LogP contribution < -0.4 is 5.32 Å². The smallest absolute Gasteiger partial charge is 0.407 e. The molecule has 34 heavy (non-hydrogen) atoms. The molecule has 2 aromatic carbocycles. The van der Waals surface area contributed by atoms with E-state index < -0.39 is 22.4 Å². The molecule has 9 nitrogen and oxygen atoms in total. The number of nitrogens with one attached hydrogen (secondary N) is 2. The highest BCUT2D eigenvalue weighted by molar-refractivity contribution is 5.92. The van der Waals surface area contributed by atoms with E-state index in [2.05, 4.69) is 20.3 Å². The number of aromatic amines is 1. The number of carbonyl (C=O) groups is 1.